The number of hydrogen-bond donors (Lipinski definition) is 1. The Morgan fingerprint density at radius 1 is 0.941 bits per heavy atom. The molecular weight excluding hydrogens is 210 g/mol. The van der Waals surface area contributed by atoms with Gasteiger partial charge >= 0.3 is 0 Å². The van der Waals surface area contributed by atoms with Crippen molar-refractivity contribution in [3.05, 3.63) is 54.9 Å². The van der Waals surface area contributed by atoms with E-state index in [1.807, 2.05) is 42.5 Å². The summed E-state index contributed by atoms with van der Waals surface area (Å²) in [7, 11) is 0. The van der Waals surface area contributed by atoms with Crippen LogP contribution in [0, 0.1) is 0 Å². The van der Waals surface area contributed by atoms with Crippen LogP contribution in [0.5, 0.6) is 0 Å². The molecule has 1 aromatic carbocycles. The van der Waals surface area contributed by atoms with Crippen LogP contribution in [0.3, 0.4) is 0 Å². The van der Waals surface area contributed by atoms with Gasteiger partial charge in [0, 0.05) is 29.0 Å². The van der Waals surface area contributed by atoms with E-state index in [4.69, 9.17) is 5.73 Å². The van der Waals surface area contributed by atoms with Crippen LogP contribution in [0.1, 0.15) is 0 Å². The first-order valence-electron chi connectivity index (χ1n) is 5.40. The first-order chi connectivity index (χ1) is 8.34. The number of benzene rings is 1. The summed E-state index contributed by atoms with van der Waals surface area (Å²) in [5.74, 6) is 0. The maximum Gasteiger partial charge on any atom is 0.0731 e. The van der Waals surface area contributed by atoms with E-state index in [1.165, 1.54) is 0 Å². The molecule has 0 saturated carbocycles. The van der Waals surface area contributed by atoms with Crippen LogP contribution in [-0.2, 0) is 0 Å². The van der Waals surface area contributed by atoms with Gasteiger partial charge in [-0.2, -0.15) is 0 Å². The van der Waals surface area contributed by atoms with E-state index in [9.17, 15) is 0 Å². The van der Waals surface area contributed by atoms with Crippen LogP contribution in [0.2, 0.25) is 0 Å². The highest BCUT2D eigenvalue weighted by molar-refractivity contribution is 5.92. The molecule has 2 aromatic heterocycles. The van der Waals surface area contributed by atoms with Crippen molar-refractivity contribution in [2.45, 2.75) is 0 Å². The lowest BCUT2D eigenvalue weighted by Gasteiger charge is -2.05. The topological polar surface area (TPSA) is 51.8 Å². The molecule has 0 aliphatic rings. The van der Waals surface area contributed by atoms with Crippen molar-refractivity contribution < 1.29 is 0 Å². The molecule has 2 heterocycles. The number of aromatic nitrogens is 2. The molecule has 0 atom stereocenters. The maximum absolute atomic E-state index is 6.04. The fourth-order valence-corrected chi connectivity index (χ4v) is 1.87. The lowest BCUT2D eigenvalue weighted by molar-refractivity contribution is 1.31. The summed E-state index contributed by atoms with van der Waals surface area (Å²) in [5, 5.41) is 0.991. The molecular formula is C14H11N3. The van der Waals surface area contributed by atoms with Gasteiger partial charge in [0.2, 0.25) is 0 Å². The van der Waals surface area contributed by atoms with Gasteiger partial charge < -0.3 is 5.73 Å². The Labute approximate surface area is 98.9 Å². The highest BCUT2D eigenvalue weighted by Crippen LogP contribution is 2.25. The van der Waals surface area contributed by atoms with E-state index in [0.29, 0.717) is 0 Å². The quantitative estimate of drug-likeness (QED) is 0.687. The summed E-state index contributed by atoms with van der Waals surface area (Å²) < 4.78 is 0. The number of pyridine rings is 2. The number of nitrogen functional groups attached to an aromatic ring is 1. The number of nitrogens with zero attached hydrogens (tertiary/aromatic N) is 2. The number of para-hydroxylation sites is 1. The standard InChI is InChI=1S/C14H11N3/c15-12-9-14(10-5-7-16-8-6-10)17-13-4-2-1-3-11(12)13/h1-9H,(H2,15,17). The average Bonchev–Trinajstić information content (AvgIpc) is 2.40. The Balaban J connectivity index is 2.26. The highest BCUT2D eigenvalue weighted by Gasteiger charge is 2.04. The van der Waals surface area contributed by atoms with Crippen molar-refractivity contribution in [2.75, 3.05) is 5.73 Å². The third-order valence-corrected chi connectivity index (χ3v) is 2.72. The number of nitrogens with two attached hydrogens (primary N) is 1. The first kappa shape index (κ1) is 9.78. The molecule has 0 saturated heterocycles. The maximum atomic E-state index is 6.04. The summed E-state index contributed by atoms with van der Waals surface area (Å²) in [6.45, 7) is 0. The number of hydrogen-bond acceptors (Lipinski definition) is 3. The molecule has 3 aromatic rings. The van der Waals surface area contributed by atoms with E-state index < -0.39 is 0 Å². The van der Waals surface area contributed by atoms with Crippen molar-refractivity contribution in [1.82, 2.24) is 9.97 Å². The number of anilines is 1. The molecule has 0 aliphatic carbocycles. The Kier molecular flexibility index (Phi) is 2.22. The Morgan fingerprint density at radius 3 is 2.53 bits per heavy atom. The molecule has 0 amide bonds. The van der Waals surface area contributed by atoms with Crippen LogP contribution >= 0.6 is 0 Å². The van der Waals surface area contributed by atoms with Gasteiger partial charge in [-0.15, -0.1) is 0 Å². The van der Waals surface area contributed by atoms with Gasteiger partial charge in [0.05, 0.1) is 11.2 Å². The lowest BCUT2D eigenvalue weighted by atomic mass is 10.1. The Bertz CT molecular complexity index is 663. The second-order valence-electron chi connectivity index (χ2n) is 3.85. The molecule has 0 radical (unpaired) electrons. The third kappa shape index (κ3) is 1.72. The molecule has 3 nitrogen and oxygen atoms in total. The molecule has 0 aliphatic heterocycles. The average molecular weight is 221 g/mol. The molecule has 2 N–H and O–H groups in total. The molecule has 0 bridgehead atoms. The summed E-state index contributed by atoms with van der Waals surface area (Å²) >= 11 is 0. The molecule has 0 unspecified atom stereocenters. The predicted octanol–water partition coefficient (Wildman–Crippen LogP) is 2.88. The van der Waals surface area contributed by atoms with E-state index >= 15 is 0 Å². The Morgan fingerprint density at radius 2 is 1.71 bits per heavy atom. The van der Waals surface area contributed by atoms with Gasteiger partial charge in [0.1, 0.15) is 0 Å². The largest absolute Gasteiger partial charge is 0.398 e. The van der Waals surface area contributed by atoms with Gasteiger partial charge in [0.15, 0.2) is 0 Å². The van der Waals surface area contributed by atoms with Crippen LogP contribution < -0.4 is 5.73 Å². The van der Waals surface area contributed by atoms with Gasteiger partial charge in [0.25, 0.3) is 0 Å². The molecule has 82 valence electrons. The van der Waals surface area contributed by atoms with E-state index in [1.54, 1.807) is 12.4 Å². The molecule has 0 spiro atoms. The van der Waals surface area contributed by atoms with Gasteiger partial charge in [-0.25, -0.2) is 4.98 Å². The zero-order chi connectivity index (χ0) is 11.7. The summed E-state index contributed by atoms with van der Waals surface area (Å²) in [6.07, 6.45) is 3.50. The normalized spacial score (nSPS) is 10.6. The van der Waals surface area contributed by atoms with E-state index in [0.717, 1.165) is 27.8 Å². The van der Waals surface area contributed by atoms with E-state index in [2.05, 4.69) is 9.97 Å². The summed E-state index contributed by atoms with van der Waals surface area (Å²) in [4.78, 5) is 8.60. The smallest absolute Gasteiger partial charge is 0.0731 e. The lowest BCUT2D eigenvalue weighted by Crippen LogP contribution is -1.92. The number of rotatable bonds is 1. The molecule has 3 rings (SSSR count). The van der Waals surface area contributed by atoms with Gasteiger partial charge in [-0.3, -0.25) is 4.98 Å². The molecule has 3 heteroatoms. The van der Waals surface area contributed by atoms with Crippen molar-refractivity contribution >= 4 is 16.6 Å². The fraction of sp³-hybridized carbons (Fsp3) is 0. The fourth-order valence-electron chi connectivity index (χ4n) is 1.87. The number of fused-ring (bicyclic) bond motifs is 1. The second-order valence-corrected chi connectivity index (χ2v) is 3.85. The third-order valence-electron chi connectivity index (χ3n) is 2.72. The zero-order valence-electron chi connectivity index (χ0n) is 9.17. The molecule has 17 heavy (non-hydrogen) atoms. The van der Waals surface area contributed by atoms with Crippen molar-refractivity contribution in [3.63, 3.8) is 0 Å². The highest BCUT2D eigenvalue weighted by atomic mass is 14.7. The van der Waals surface area contributed by atoms with Crippen LogP contribution in [0.25, 0.3) is 22.2 Å². The minimum absolute atomic E-state index is 0.752. The monoisotopic (exact) mass is 221 g/mol. The minimum atomic E-state index is 0.752. The van der Waals surface area contributed by atoms with Crippen molar-refractivity contribution in [1.29, 1.82) is 0 Å². The first-order valence-corrected chi connectivity index (χ1v) is 5.40. The van der Waals surface area contributed by atoms with E-state index in [-0.39, 0.29) is 0 Å². The molecule has 0 fully saturated rings. The van der Waals surface area contributed by atoms with Crippen molar-refractivity contribution in [2.24, 2.45) is 0 Å². The second kappa shape index (κ2) is 3.87. The Hall–Kier alpha value is -2.42. The predicted molar refractivity (Wildman–Crippen MR) is 69.4 cm³/mol. The van der Waals surface area contributed by atoms with Crippen LogP contribution in [0.4, 0.5) is 5.69 Å². The van der Waals surface area contributed by atoms with Crippen LogP contribution in [-0.4, -0.2) is 9.97 Å². The summed E-state index contributed by atoms with van der Waals surface area (Å²) in [5.41, 5.74) is 9.61. The van der Waals surface area contributed by atoms with Gasteiger partial charge in [-0.1, -0.05) is 18.2 Å². The zero-order valence-corrected chi connectivity index (χ0v) is 9.17. The van der Waals surface area contributed by atoms with Gasteiger partial charge in [-0.05, 0) is 24.3 Å². The summed E-state index contributed by atoms with van der Waals surface area (Å²) in [6, 6.07) is 13.6. The van der Waals surface area contributed by atoms with Crippen LogP contribution in [0.15, 0.2) is 54.9 Å². The van der Waals surface area contributed by atoms with Crippen molar-refractivity contribution in [3.8, 4) is 11.3 Å². The SMILES string of the molecule is Nc1cc(-c2ccncc2)nc2ccccc12. The minimum Gasteiger partial charge on any atom is -0.398 e.